The van der Waals surface area contributed by atoms with E-state index in [-0.39, 0.29) is 23.5 Å². The van der Waals surface area contributed by atoms with Crippen molar-refractivity contribution in [3.8, 4) is 11.5 Å². The summed E-state index contributed by atoms with van der Waals surface area (Å²) < 4.78 is 34.0. The maximum Gasteiger partial charge on any atom is 0.387 e. The van der Waals surface area contributed by atoms with Crippen LogP contribution in [-0.2, 0) is 4.79 Å². The van der Waals surface area contributed by atoms with Crippen molar-refractivity contribution in [1.82, 2.24) is 5.32 Å². The fourth-order valence-electron chi connectivity index (χ4n) is 2.05. The Hall–Kier alpha value is -2.38. The van der Waals surface area contributed by atoms with E-state index in [0.29, 0.717) is 6.42 Å². The van der Waals surface area contributed by atoms with Crippen molar-refractivity contribution in [3.05, 3.63) is 23.8 Å². The molecule has 0 bridgehead atoms. The maximum absolute atomic E-state index is 12.4. The molecule has 0 fully saturated rings. The van der Waals surface area contributed by atoms with Crippen molar-refractivity contribution >= 4 is 11.9 Å². The molecular weight excluding hydrogens is 312 g/mol. The number of rotatable bonds is 8. The first-order valence-electron chi connectivity index (χ1n) is 6.92. The van der Waals surface area contributed by atoms with Crippen LogP contribution >= 0.6 is 0 Å². The minimum Gasteiger partial charge on any atom is -0.493 e. The number of hydrogen-bond donors (Lipinski definition) is 2. The molecule has 6 nitrogen and oxygen atoms in total. The molecule has 1 atom stereocenters. The third-order valence-electron chi connectivity index (χ3n) is 3.25. The predicted molar refractivity (Wildman–Crippen MR) is 78.0 cm³/mol. The van der Waals surface area contributed by atoms with Gasteiger partial charge >= 0.3 is 12.6 Å². The van der Waals surface area contributed by atoms with Crippen molar-refractivity contribution in [2.75, 3.05) is 7.11 Å². The quantitative estimate of drug-likeness (QED) is 0.765. The van der Waals surface area contributed by atoms with Crippen LogP contribution in [0.3, 0.4) is 0 Å². The molecule has 1 unspecified atom stereocenters. The van der Waals surface area contributed by atoms with E-state index in [1.54, 1.807) is 6.92 Å². The highest BCUT2D eigenvalue weighted by Crippen LogP contribution is 2.29. The van der Waals surface area contributed by atoms with Crippen molar-refractivity contribution in [2.24, 2.45) is 0 Å². The molecule has 0 aliphatic rings. The Morgan fingerprint density at radius 3 is 2.48 bits per heavy atom. The Morgan fingerprint density at radius 2 is 2.00 bits per heavy atom. The summed E-state index contributed by atoms with van der Waals surface area (Å²) in [7, 11) is 1.27. The molecule has 0 aromatic heterocycles. The van der Waals surface area contributed by atoms with Crippen LogP contribution in [0, 0.1) is 0 Å². The Labute approximate surface area is 132 Å². The van der Waals surface area contributed by atoms with E-state index in [0.717, 1.165) is 6.07 Å². The highest BCUT2D eigenvalue weighted by atomic mass is 19.3. The van der Waals surface area contributed by atoms with Crippen molar-refractivity contribution in [2.45, 2.75) is 38.8 Å². The van der Waals surface area contributed by atoms with Gasteiger partial charge < -0.3 is 19.9 Å². The standard InChI is InChI=1S/C15H19F2NO5/c1-4-7-15(2,13(20)21)18-12(19)9-5-6-10(22-3)11(8-9)23-14(16)17/h5-6,8,14H,4,7H2,1-3H3,(H,18,19)(H,20,21). The Kier molecular flexibility index (Phi) is 6.29. The summed E-state index contributed by atoms with van der Waals surface area (Å²) in [4.78, 5) is 23.6. The van der Waals surface area contributed by atoms with Gasteiger partial charge in [0.2, 0.25) is 0 Å². The first-order valence-corrected chi connectivity index (χ1v) is 6.92. The third kappa shape index (κ3) is 4.80. The van der Waals surface area contributed by atoms with Crippen molar-refractivity contribution in [1.29, 1.82) is 0 Å². The fourth-order valence-corrected chi connectivity index (χ4v) is 2.05. The van der Waals surface area contributed by atoms with Gasteiger partial charge in [-0.25, -0.2) is 4.79 Å². The smallest absolute Gasteiger partial charge is 0.387 e. The number of carbonyl (C=O) groups is 2. The molecule has 1 aromatic rings. The van der Waals surface area contributed by atoms with Gasteiger partial charge in [0, 0.05) is 5.56 Å². The number of carboxylic acid groups (broad SMARTS) is 1. The van der Waals surface area contributed by atoms with Crippen molar-refractivity contribution in [3.63, 3.8) is 0 Å². The molecule has 2 N–H and O–H groups in total. The first-order chi connectivity index (χ1) is 10.7. The lowest BCUT2D eigenvalue weighted by Gasteiger charge is -2.26. The van der Waals surface area contributed by atoms with Gasteiger partial charge in [-0.15, -0.1) is 0 Å². The van der Waals surface area contributed by atoms with Gasteiger partial charge in [-0.2, -0.15) is 8.78 Å². The molecular formula is C15H19F2NO5. The number of alkyl halides is 2. The minimum atomic E-state index is -3.08. The zero-order chi connectivity index (χ0) is 17.6. The summed E-state index contributed by atoms with van der Waals surface area (Å²) in [6.07, 6.45) is 0.774. The maximum atomic E-state index is 12.4. The van der Waals surface area contributed by atoms with Gasteiger partial charge in [0.1, 0.15) is 5.54 Å². The minimum absolute atomic E-state index is 0.00923. The second kappa shape index (κ2) is 7.75. The second-order valence-electron chi connectivity index (χ2n) is 5.09. The zero-order valence-corrected chi connectivity index (χ0v) is 13.1. The van der Waals surface area contributed by atoms with Gasteiger partial charge in [-0.3, -0.25) is 4.79 Å². The molecule has 1 amide bonds. The van der Waals surface area contributed by atoms with Crippen LogP contribution in [0.4, 0.5) is 8.78 Å². The number of methoxy groups -OCH3 is 1. The van der Waals surface area contributed by atoms with Gasteiger partial charge in [0.25, 0.3) is 5.91 Å². The van der Waals surface area contributed by atoms with E-state index >= 15 is 0 Å². The largest absolute Gasteiger partial charge is 0.493 e. The monoisotopic (exact) mass is 331 g/mol. The molecule has 128 valence electrons. The van der Waals surface area contributed by atoms with Crippen LogP contribution in [-0.4, -0.2) is 36.2 Å². The summed E-state index contributed by atoms with van der Waals surface area (Å²) >= 11 is 0. The number of halogens is 2. The molecule has 8 heteroatoms. The normalized spacial score (nSPS) is 13.3. The lowest BCUT2D eigenvalue weighted by Crippen LogP contribution is -2.52. The molecule has 0 aliphatic carbocycles. The highest BCUT2D eigenvalue weighted by molar-refractivity contribution is 5.98. The predicted octanol–water partition coefficient (Wildman–Crippen LogP) is 2.67. The topological polar surface area (TPSA) is 84.9 Å². The zero-order valence-electron chi connectivity index (χ0n) is 13.1. The molecule has 0 heterocycles. The van der Waals surface area contributed by atoms with Crippen LogP contribution in [0.2, 0.25) is 0 Å². The number of benzene rings is 1. The lowest BCUT2D eigenvalue weighted by atomic mass is 9.95. The van der Waals surface area contributed by atoms with Gasteiger partial charge in [-0.1, -0.05) is 13.3 Å². The number of hydrogen-bond acceptors (Lipinski definition) is 4. The molecule has 0 radical (unpaired) electrons. The fraction of sp³-hybridized carbons (Fsp3) is 0.467. The molecule has 0 saturated carbocycles. The van der Waals surface area contributed by atoms with Gasteiger partial charge in [0.05, 0.1) is 7.11 Å². The van der Waals surface area contributed by atoms with Crippen LogP contribution in [0.1, 0.15) is 37.0 Å². The van der Waals surface area contributed by atoms with Gasteiger partial charge in [0.15, 0.2) is 11.5 Å². The second-order valence-corrected chi connectivity index (χ2v) is 5.09. The SMILES string of the molecule is CCCC(C)(NC(=O)c1ccc(OC)c(OC(F)F)c1)C(=O)O. The average molecular weight is 331 g/mol. The van der Waals surface area contributed by atoms with E-state index in [9.17, 15) is 23.5 Å². The summed E-state index contributed by atoms with van der Waals surface area (Å²) in [5.74, 6) is -2.14. The van der Waals surface area contributed by atoms with Crippen molar-refractivity contribution < 1.29 is 33.0 Å². The molecule has 1 rings (SSSR count). The van der Waals surface area contributed by atoms with Crippen LogP contribution < -0.4 is 14.8 Å². The number of ether oxygens (including phenoxy) is 2. The van der Waals surface area contributed by atoms with Crippen LogP contribution in [0.25, 0.3) is 0 Å². The number of carbonyl (C=O) groups excluding carboxylic acids is 1. The molecule has 0 saturated heterocycles. The van der Waals surface area contributed by atoms with E-state index in [2.05, 4.69) is 10.1 Å². The number of nitrogens with one attached hydrogen (secondary N) is 1. The summed E-state index contributed by atoms with van der Waals surface area (Å²) in [5.41, 5.74) is -1.46. The molecule has 0 spiro atoms. The van der Waals surface area contributed by atoms with E-state index < -0.39 is 24.0 Å². The molecule has 23 heavy (non-hydrogen) atoms. The number of carboxylic acids is 1. The Bertz CT molecular complexity index is 579. The summed E-state index contributed by atoms with van der Waals surface area (Å²) in [5, 5.41) is 11.7. The van der Waals surface area contributed by atoms with Gasteiger partial charge in [-0.05, 0) is 31.5 Å². The summed E-state index contributed by atoms with van der Waals surface area (Å²) in [6, 6.07) is 3.71. The average Bonchev–Trinajstić information content (AvgIpc) is 2.46. The third-order valence-corrected chi connectivity index (χ3v) is 3.25. The lowest BCUT2D eigenvalue weighted by molar-refractivity contribution is -0.144. The summed E-state index contributed by atoms with van der Waals surface area (Å²) in [6.45, 7) is 0.0955. The first kappa shape index (κ1) is 18.7. The van der Waals surface area contributed by atoms with E-state index in [1.807, 2.05) is 0 Å². The van der Waals surface area contributed by atoms with E-state index in [4.69, 9.17) is 4.74 Å². The number of amides is 1. The molecule has 0 aliphatic heterocycles. The number of aliphatic carboxylic acids is 1. The Morgan fingerprint density at radius 1 is 1.35 bits per heavy atom. The molecule has 1 aromatic carbocycles. The van der Waals surface area contributed by atoms with Crippen LogP contribution in [0.5, 0.6) is 11.5 Å². The Balaban J connectivity index is 3.05. The highest BCUT2D eigenvalue weighted by Gasteiger charge is 2.34. The van der Waals surface area contributed by atoms with Crippen LogP contribution in [0.15, 0.2) is 18.2 Å². The van der Waals surface area contributed by atoms with E-state index in [1.165, 1.54) is 26.2 Å².